The summed E-state index contributed by atoms with van der Waals surface area (Å²) in [6.45, 7) is 3.38. The number of sulfone groups is 1. The quantitative estimate of drug-likeness (QED) is 0.242. The molecule has 0 atom stereocenters. The van der Waals surface area contributed by atoms with Gasteiger partial charge in [-0.3, -0.25) is 4.98 Å². The van der Waals surface area contributed by atoms with Crippen LogP contribution in [0.3, 0.4) is 0 Å². The van der Waals surface area contributed by atoms with Crippen LogP contribution in [0.15, 0.2) is 73.1 Å². The third kappa shape index (κ3) is 4.12. The number of rotatable bonds is 5. The smallest absolute Gasteiger partial charge is 0.404 e. The number of aromatic nitrogens is 2. The van der Waals surface area contributed by atoms with Crippen LogP contribution in [0.2, 0.25) is 0 Å². The molecule has 2 heterocycles. The molecule has 2 aromatic heterocycles. The molecule has 0 fully saturated rings. The summed E-state index contributed by atoms with van der Waals surface area (Å²) in [5.41, 5.74) is 4.29. The zero-order valence-corrected chi connectivity index (χ0v) is 20.1. The molecule has 174 valence electrons. The fourth-order valence-corrected chi connectivity index (χ4v) is 4.30. The van der Waals surface area contributed by atoms with Gasteiger partial charge < -0.3 is 9.94 Å². The maximum absolute atomic E-state index is 12.5. The predicted octanol–water partition coefficient (Wildman–Crippen LogP) is 4.27. The van der Waals surface area contributed by atoms with E-state index < -0.39 is 20.6 Å². The van der Waals surface area contributed by atoms with Gasteiger partial charge in [-0.2, -0.15) is 4.73 Å². The summed E-state index contributed by atoms with van der Waals surface area (Å²) in [5, 5.41) is 13.2. The van der Waals surface area contributed by atoms with Gasteiger partial charge in [0.1, 0.15) is 0 Å². The van der Waals surface area contributed by atoms with Gasteiger partial charge >= 0.3 is 11.7 Å². The van der Waals surface area contributed by atoms with Gasteiger partial charge in [-0.15, -0.1) is 0 Å². The fourth-order valence-electron chi connectivity index (χ4n) is 3.75. The highest BCUT2D eigenvalue weighted by Gasteiger charge is 2.33. The van der Waals surface area contributed by atoms with E-state index in [4.69, 9.17) is 0 Å². The Morgan fingerprint density at radius 2 is 1.74 bits per heavy atom. The molecule has 8 heteroatoms. The van der Waals surface area contributed by atoms with Gasteiger partial charge in [0, 0.05) is 35.0 Å². The summed E-state index contributed by atoms with van der Waals surface area (Å²) in [4.78, 5) is 16.3. The highest BCUT2D eigenvalue weighted by molar-refractivity contribution is 7.91. The molecule has 0 unspecified atom stereocenters. The van der Waals surface area contributed by atoms with Gasteiger partial charge in [-0.1, -0.05) is 24.3 Å². The molecule has 4 aromatic rings. The van der Waals surface area contributed by atoms with Crippen LogP contribution in [0.1, 0.15) is 29.9 Å². The second-order valence-corrected chi connectivity index (χ2v) is 11.1. The van der Waals surface area contributed by atoms with Crippen molar-refractivity contribution in [3.05, 3.63) is 89.5 Å². The molecule has 0 bridgehead atoms. The number of hydrogen-bond acceptors (Lipinski definition) is 6. The van der Waals surface area contributed by atoms with Crippen LogP contribution in [0.5, 0.6) is 0 Å². The van der Waals surface area contributed by atoms with Crippen LogP contribution in [0.4, 0.5) is 0 Å². The first-order chi connectivity index (χ1) is 16.0. The third-order valence-corrected chi connectivity index (χ3v) is 8.23. The van der Waals surface area contributed by atoms with Crippen LogP contribution in [-0.4, -0.2) is 32.7 Å². The molecular formula is C26H24N2O5S. The number of nitrogens with zero attached hydrogens (tertiary/aromatic N) is 2. The van der Waals surface area contributed by atoms with E-state index in [0.29, 0.717) is 15.9 Å². The Morgan fingerprint density at radius 1 is 1.00 bits per heavy atom. The van der Waals surface area contributed by atoms with E-state index >= 15 is 0 Å². The summed E-state index contributed by atoms with van der Waals surface area (Å²) in [6.07, 6.45) is 4.25. The van der Waals surface area contributed by atoms with Gasteiger partial charge in [-0.25, -0.2) is 13.2 Å². The minimum atomic E-state index is -3.39. The maximum atomic E-state index is 12.5. The van der Waals surface area contributed by atoms with Gasteiger partial charge in [-0.05, 0) is 60.9 Å². The zero-order chi connectivity index (χ0) is 24.7. The third-order valence-electron chi connectivity index (χ3n) is 6.14. The number of methoxy groups -OCH3 is 1. The van der Waals surface area contributed by atoms with Gasteiger partial charge in [0.15, 0.2) is 16.0 Å². The normalized spacial score (nSPS) is 12.0. The maximum Gasteiger partial charge on any atom is 0.404 e. The molecule has 0 saturated carbocycles. The van der Waals surface area contributed by atoms with Crippen molar-refractivity contribution in [1.82, 2.24) is 4.98 Å². The molecule has 0 aliphatic carbocycles. The molecule has 0 saturated heterocycles. The lowest BCUT2D eigenvalue weighted by molar-refractivity contribution is -0.607. The van der Waals surface area contributed by atoms with E-state index in [1.165, 1.54) is 25.6 Å². The summed E-state index contributed by atoms with van der Waals surface area (Å²) in [6, 6.07) is 18.1. The summed E-state index contributed by atoms with van der Waals surface area (Å²) >= 11 is 0. The molecule has 4 rings (SSSR count). The summed E-state index contributed by atoms with van der Waals surface area (Å²) < 4.78 is 29.1. The first-order valence-corrected chi connectivity index (χ1v) is 12.4. The van der Waals surface area contributed by atoms with Crippen LogP contribution in [0.25, 0.3) is 33.2 Å². The van der Waals surface area contributed by atoms with E-state index in [2.05, 4.69) is 9.72 Å². The minimum Gasteiger partial charge on any atom is -0.618 e. The number of benzene rings is 2. The SMILES string of the molecule is COC(=O)c1ccc(-c2cccc(-c3cc(C(C)(C)S(C)(=O)=O)cc4cccnc34)c2)c[n+]1[O-]. The monoisotopic (exact) mass is 476 g/mol. The Labute approximate surface area is 198 Å². The topological polar surface area (TPSA) is 100 Å². The molecule has 7 nitrogen and oxygen atoms in total. The lowest BCUT2D eigenvalue weighted by Crippen LogP contribution is -2.34. The standard InChI is InChI=1S/C26H24N2O5S/c1-26(2,34(4,31)32)21-14-19-9-6-12-27-24(19)22(15-21)18-8-5-7-17(13-18)20-10-11-23(25(29)33-3)28(30)16-20/h5-16H,1-4H3. The average molecular weight is 477 g/mol. The molecule has 0 amide bonds. The molecule has 0 N–H and O–H groups in total. The Kier molecular flexibility index (Phi) is 5.87. The molecule has 0 radical (unpaired) electrons. The van der Waals surface area contributed by atoms with E-state index in [0.717, 1.165) is 27.6 Å². The van der Waals surface area contributed by atoms with Crippen molar-refractivity contribution < 1.29 is 22.7 Å². The lowest BCUT2D eigenvalue weighted by atomic mass is 9.92. The van der Waals surface area contributed by atoms with Gasteiger partial charge in [0.25, 0.3) is 0 Å². The fraction of sp³-hybridized carbons (Fsp3) is 0.192. The van der Waals surface area contributed by atoms with E-state index in [1.807, 2.05) is 48.5 Å². The van der Waals surface area contributed by atoms with Crippen molar-refractivity contribution in [2.45, 2.75) is 18.6 Å². The van der Waals surface area contributed by atoms with Crippen molar-refractivity contribution in [1.29, 1.82) is 0 Å². The second-order valence-electron chi connectivity index (χ2n) is 8.58. The Morgan fingerprint density at radius 3 is 2.41 bits per heavy atom. The van der Waals surface area contributed by atoms with E-state index in [-0.39, 0.29) is 5.69 Å². The average Bonchev–Trinajstić information content (AvgIpc) is 2.82. The Hall–Kier alpha value is -3.78. The number of esters is 1. The second kappa shape index (κ2) is 8.53. The first-order valence-electron chi connectivity index (χ1n) is 10.5. The molecule has 2 aromatic carbocycles. The van der Waals surface area contributed by atoms with Crippen molar-refractivity contribution in [2.75, 3.05) is 13.4 Å². The lowest BCUT2D eigenvalue weighted by Gasteiger charge is -2.24. The van der Waals surface area contributed by atoms with Crippen LogP contribution < -0.4 is 4.73 Å². The van der Waals surface area contributed by atoms with E-state index in [9.17, 15) is 18.4 Å². The van der Waals surface area contributed by atoms with Crippen molar-refractivity contribution >= 4 is 26.7 Å². The highest BCUT2D eigenvalue weighted by atomic mass is 32.2. The van der Waals surface area contributed by atoms with Crippen molar-refractivity contribution in [3.8, 4) is 22.3 Å². The highest BCUT2D eigenvalue weighted by Crippen LogP contribution is 2.37. The Bertz CT molecular complexity index is 1530. The summed E-state index contributed by atoms with van der Waals surface area (Å²) in [5.74, 6) is -0.710. The number of pyridine rings is 2. The molecule has 0 aliphatic rings. The Balaban J connectivity index is 1.89. The number of carbonyl (C=O) groups is 1. The number of hydrogen-bond donors (Lipinski definition) is 0. The predicted molar refractivity (Wildman–Crippen MR) is 131 cm³/mol. The molecule has 0 aliphatic heterocycles. The minimum absolute atomic E-state index is 0.103. The number of carbonyl (C=O) groups excluding carboxylic acids is 1. The van der Waals surface area contributed by atoms with E-state index in [1.54, 1.807) is 26.1 Å². The summed E-state index contributed by atoms with van der Waals surface area (Å²) in [7, 11) is -2.17. The van der Waals surface area contributed by atoms with Crippen LogP contribution >= 0.6 is 0 Å². The van der Waals surface area contributed by atoms with Crippen molar-refractivity contribution in [2.24, 2.45) is 0 Å². The molecule has 0 spiro atoms. The largest absolute Gasteiger partial charge is 0.618 e. The molecule has 34 heavy (non-hydrogen) atoms. The van der Waals surface area contributed by atoms with Gasteiger partial charge in [0.05, 0.1) is 17.4 Å². The zero-order valence-electron chi connectivity index (χ0n) is 19.3. The van der Waals surface area contributed by atoms with Crippen LogP contribution in [-0.2, 0) is 19.3 Å². The number of ether oxygens (including phenoxy) is 1. The van der Waals surface area contributed by atoms with Crippen molar-refractivity contribution in [3.63, 3.8) is 0 Å². The number of fused-ring (bicyclic) bond motifs is 1. The molecular weight excluding hydrogens is 452 g/mol. The first kappa shape index (κ1) is 23.4. The van der Waals surface area contributed by atoms with Crippen LogP contribution in [0, 0.1) is 5.21 Å². The van der Waals surface area contributed by atoms with Gasteiger partial charge in [0.2, 0.25) is 0 Å².